The molecule has 0 unspecified atom stereocenters. The number of nitrogens with zero attached hydrogens (tertiary/aromatic N) is 3. The highest BCUT2D eigenvalue weighted by molar-refractivity contribution is 9.10. The van der Waals surface area contributed by atoms with Gasteiger partial charge < -0.3 is 5.73 Å². The molecule has 0 aliphatic carbocycles. The number of aromatic nitrogens is 2. The molecule has 2 N–H and O–H groups in total. The molecule has 8 heteroatoms. The smallest absolute Gasteiger partial charge is 0.284 e. The largest absolute Gasteiger partial charge is 0.374 e. The fraction of sp³-hybridized carbons (Fsp3) is 0. The summed E-state index contributed by atoms with van der Waals surface area (Å²) in [6.07, 6.45) is 0. The van der Waals surface area contributed by atoms with E-state index in [2.05, 4.69) is 26.1 Å². The van der Waals surface area contributed by atoms with E-state index in [1.807, 2.05) is 0 Å². The second kappa shape index (κ2) is 4.14. The van der Waals surface area contributed by atoms with Gasteiger partial charge in [-0.05, 0) is 15.9 Å². The molecule has 0 atom stereocenters. The Morgan fingerprint density at radius 2 is 2.19 bits per heavy atom. The minimum atomic E-state index is -0.460. The Hall–Kier alpha value is -1.54. The first-order valence-electron chi connectivity index (χ1n) is 4.12. The van der Waals surface area contributed by atoms with Gasteiger partial charge in [0.25, 0.3) is 5.69 Å². The van der Waals surface area contributed by atoms with Gasteiger partial charge in [0.1, 0.15) is 4.47 Å². The zero-order chi connectivity index (χ0) is 11.7. The van der Waals surface area contributed by atoms with Crippen molar-refractivity contribution in [2.75, 3.05) is 5.73 Å². The molecule has 0 radical (unpaired) electrons. The number of anilines is 1. The van der Waals surface area contributed by atoms with Gasteiger partial charge in [0.05, 0.1) is 4.92 Å². The molecular weight excluding hydrogens is 296 g/mol. The van der Waals surface area contributed by atoms with E-state index in [1.165, 1.54) is 17.4 Å². The average molecular weight is 301 g/mol. The van der Waals surface area contributed by atoms with Crippen LogP contribution in [0.4, 0.5) is 10.8 Å². The molecule has 0 aliphatic heterocycles. The van der Waals surface area contributed by atoms with Crippen molar-refractivity contribution in [1.82, 2.24) is 10.2 Å². The van der Waals surface area contributed by atoms with Crippen LogP contribution in [0.1, 0.15) is 0 Å². The van der Waals surface area contributed by atoms with Crippen molar-refractivity contribution < 1.29 is 4.92 Å². The number of hydrogen-bond donors (Lipinski definition) is 1. The Labute approximate surface area is 102 Å². The first kappa shape index (κ1) is 11.0. The number of benzene rings is 1. The molecule has 0 aliphatic rings. The quantitative estimate of drug-likeness (QED) is 0.679. The standard InChI is InChI=1S/C8H5BrN4O2S/c9-6-4(7-11-12-8(10)16-7)2-1-3-5(6)13(14)15/h1-3H,(H2,10,12). The number of hydrogen-bond acceptors (Lipinski definition) is 6. The minimum absolute atomic E-state index is 0.00808. The van der Waals surface area contributed by atoms with Crippen molar-refractivity contribution >= 4 is 38.1 Å². The molecule has 6 nitrogen and oxygen atoms in total. The molecular formula is C8H5BrN4O2S. The first-order chi connectivity index (χ1) is 7.59. The SMILES string of the molecule is Nc1nnc(-c2cccc([N+](=O)[O-])c2Br)s1. The van der Waals surface area contributed by atoms with Crippen LogP contribution in [0.2, 0.25) is 0 Å². The van der Waals surface area contributed by atoms with Crippen LogP contribution >= 0.6 is 27.3 Å². The number of nitrogen functional groups attached to an aromatic ring is 1. The lowest BCUT2D eigenvalue weighted by molar-refractivity contribution is -0.385. The Bertz CT molecular complexity index is 557. The van der Waals surface area contributed by atoms with Crippen LogP contribution in [0.3, 0.4) is 0 Å². The monoisotopic (exact) mass is 300 g/mol. The molecule has 0 spiro atoms. The third-order valence-electron chi connectivity index (χ3n) is 1.85. The number of nitro benzene ring substituents is 1. The van der Waals surface area contributed by atoms with Crippen molar-refractivity contribution in [3.05, 3.63) is 32.8 Å². The van der Waals surface area contributed by atoms with E-state index in [1.54, 1.807) is 12.1 Å². The van der Waals surface area contributed by atoms with Crippen molar-refractivity contribution in [2.45, 2.75) is 0 Å². The molecule has 0 fully saturated rings. The summed E-state index contributed by atoms with van der Waals surface area (Å²) in [5.74, 6) is 0. The fourth-order valence-electron chi connectivity index (χ4n) is 1.17. The third kappa shape index (κ3) is 1.89. The highest BCUT2D eigenvalue weighted by Crippen LogP contribution is 2.36. The van der Waals surface area contributed by atoms with E-state index >= 15 is 0 Å². The Morgan fingerprint density at radius 3 is 2.75 bits per heavy atom. The Balaban J connectivity index is 2.58. The molecule has 0 bridgehead atoms. The van der Waals surface area contributed by atoms with Crippen LogP contribution in [-0.4, -0.2) is 15.1 Å². The maximum Gasteiger partial charge on any atom is 0.284 e. The lowest BCUT2D eigenvalue weighted by Gasteiger charge is -2.00. The number of nitro groups is 1. The zero-order valence-corrected chi connectivity index (χ0v) is 10.2. The van der Waals surface area contributed by atoms with Crippen molar-refractivity contribution in [3.8, 4) is 10.6 Å². The van der Waals surface area contributed by atoms with Crippen LogP contribution in [0.5, 0.6) is 0 Å². The van der Waals surface area contributed by atoms with E-state index in [0.717, 1.165) is 0 Å². The Morgan fingerprint density at radius 1 is 1.44 bits per heavy atom. The van der Waals surface area contributed by atoms with Crippen LogP contribution in [-0.2, 0) is 0 Å². The molecule has 2 aromatic rings. The summed E-state index contributed by atoms with van der Waals surface area (Å²) in [5, 5.41) is 19.1. The van der Waals surface area contributed by atoms with E-state index in [9.17, 15) is 10.1 Å². The Kier molecular flexibility index (Phi) is 2.84. The van der Waals surface area contributed by atoms with Gasteiger partial charge in [0.2, 0.25) is 5.13 Å². The number of halogens is 1. The molecule has 0 saturated heterocycles. The van der Waals surface area contributed by atoms with E-state index < -0.39 is 4.92 Å². The summed E-state index contributed by atoms with van der Waals surface area (Å²) in [6, 6.07) is 4.73. The van der Waals surface area contributed by atoms with Gasteiger partial charge in [-0.1, -0.05) is 23.5 Å². The van der Waals surface area contributed by atoms with Gasteiger partial charge in [-0.3, -0.25) is 10.1 Å². The maximum atomic E-state index is 10.7. The van der Waals surface area contributed by atoms with Crippen LogP contribution < -0.4 is 5.73 Å². The van der Waals surface area contributed by atoms with Crippen LogP contribution in [0.25, 0.3) is 10.6 Å². The molecule has 0 amide bonds. The normalized spacial score (nSPS) is 10.3. The third-order valence-corrected chi connectivity index (χ3v) is 3.47. The van der Waals surface area contributed by atoms with Gasteiger partial charge >= 0.3 is 0 Å². The number of rotatable bonds is 2. The predicted molar refractivity (Wildman–Crippen MR) is 64.1 cm³/mol. The van der Waals surface area contributed by atoms with Gasteiger partial charge in [-0.25, -0.2) is 0 Å². The van der Waals surface area contributed by atoms with Gasteiger partial charge in [0.15, 0.2) is 5.01 Å². The minimum Gasteiger partial charge on any atom is -0.374 e. The van der Waals surface area contributed by atoms with Crippen molar-refractivity contribution in [3.63, 3.8) is 0 Å². The van der Waals surface area contributed by atoms with Crippen molar-refractivity contribution in [2.24, 2.45) is 0 Å². The molecule has 1 heterocycles. The van der Waals surface area contributed by atoms with Crippen LogP contribution in [0, 0.1) is 10.1 Å². The first-order valence-corrected chi connectivity index (χ1v) is 5.73. The van der Waals surface area contributed by atoms with E-state index in [4.69, 9.17) is 5.73 Å². The maximum absolute atomic E-state index is 10.7. The second-order valence-corrected chi connectivity index (χ2v) is 4.64. The molecule has 1 aromatic heterocycles. The average Bonchev–Trinajstić information content (AvgIpc) is 2.64. The van der Waals surface area contributed by atoms with Crippen molar-refractivity contribution in [1.29, 1.82) is 0 Å². The summed E-state index contributed by atoms with van der Waals surface area (Å²) >= 11 is 4.36. The summed E-state index contributed by atoms with van der Waals surface area (Å²) in [5.41, 5.74) is 6.07. The highest BCUT2D eigenvalue weighted by atomic mass is 79.9. The predicted octanol–water partition coefficient (Wildman–Crippen LogP) is 2.46. The molecule has 2 rings (SSSR count). The molecule has 1 aromatic carbocycles. The summed E-state index contributed by atoms with van der Waals surface area (Å²) in [4.78, 5) is 10.3. The fourth-order valence-corrected chi connectivity index (χ4v) is 2.54. The molecule has 0 saturated carbocycles. The topological polar surface area (TPSA) is 94.9 Å². The number of nitrogens with two attached hydrogens (primary N) is 1. The summed E-state index contributed by atoms with van der Waals surface area (Å²) < 4.78 is 0.385. The summed E-state index contributed by atoms with van der Waals surface area (Å²) in [7, 11) is 0. The lowest BCUT2D eigenvalue weighted by Crippen LogP contribution is -1.90. The van der Waals surface area contributed by atoms with Crippen LogP contribution in [0.15, 0.2) is 22.7 Å². The lowest BCUT2D eigenvalue weighted by atomic mass is 10.2. The highest BCUT2D eigenvalue weighted by Gasteiger charge is 2.17. The molecule has 16 heavy (non-hydrogen) atoms. The summed E-state index contributed by atoms with van der Waals surface area (Å²) in [6.45, 7) is 0. The van der Waals surface area contributed by atoms with Gasteiger partial charge in [-0.15, -0.1) is 10.2 Å². The van der Waals surface area contributed by atoms with Gasteiger partial charge in [-0.2, -0.15) is 0 Å². The molecule has 82 valence electrons. The van der Waals surface area contributed by atoms with E-state index in [-0.39, 0.29) is 5.69 Å². The zero-order valence-electron chi connectivity index (χ0n) is 7.75. The second-order valence-electron chi connectivity index (χ2n) is 2.84. The van der Waals surface area contributed by atoms with Gasteiger partial charge in [0, 0.05) is 11.6 Å². The van der Waals surface area contributed by atoms with E-state index in [0.29, 0.717) is 20.2 Å².